The Kier molecular flexibility index (Phi) is 6.90. The van der Waals surface area contributed by atoms with Crippen molar-refractivity contribution < 1.29 is 22.6 Å². The van der Waals surface area contributed by atoms with Crippen LogP contribution in [0.5, 0.6) is 17.2 Å². The summed E-state index contributed by atoms with van der Waals surface area (Å²) >= 11 is 0. The van der Waals surface area contributed by atoms with Crippen LogP contribution < -0.4 is 19.8 Å². The molecule has 0 saturated heterocycles. The summed E-state index contributed by atoms with van der Waals surface area (Å²) in [5, 5.41) is 0.754. The molecule has 0 bridgehead atoms. The predicted molar refractivity (Wildman–Crippen MR) is 141 cm³/mol. The average Bonchev–Trinajstić information content (AvgIpc) is 2.90. The molecule has 3 aromatic carbocycles. The molecule has 192 valence electrons. The third kappa shape index (κ3) is 5.33. The van der Waals surface area contributed by atoms with Crippen molar-refractivity contribution in [3.8, 4) is 17.2 Å². The lowest BCUT2D eigenvalue weighted by Crippen LogP contribution is -2.34. The van der Waals surface area contributed by atoms with Gasteiger partial charge in [-0.25, -0.2) is 8.42 Å². The van der Waals surface area contributed by atoms with Crippen molar-refractivity contribution in [3.63, 3.8) is 0 Å². The number of methoxy groups -OCH3 is 1. The molecule has 9 heteroatoms. The molecule has 8 nitrogen and oxygen atoms in total. The first-order valence-electron chi connectivity index (χ1n) is 12.0. The highest BCUT2D eigenvalue weighted by atomic mass is 32.2. The van der Waals surface area contributed by atoms with E-state index in [0.717, 1.165) is 16.5 Å². The molecule has 2 heterocycles. The highest BCUT2D eigenvalue weighted by Gasteiger charge is 2.27. The number of aromatic nitrogens is 1. The Morgan fingerprint density at radius 3 is 2.57 bits per heavy atom. The number of hydrogen-bond donors (Lipinski definition) is 1. The number of pyridine rings is 1. The van der Waals surface area contributed by atoms with Gasteiger partial charge in [-0.2, -0.15) is 4.31 Å². The van der Waals surface area contributed by atoms with E-state index >= 15 is 0 Å². The molecule has 1 aromatic heterocycles. The van der Waals surface area contributed by atoms with Gasteiger partial charge in [0.2, 0.25) is 10.0 Å². The number of fused-ring (bicyclic) bond motifs is 2. The fraction of sp³-hybridized carbons (Fsp3) is 0.250. The van der Waals surface area contributed by atoms with Crippen molar-refractivity contribution in [2.24, 2.45) is 0 Å². The fourth-order valence-electron chi connectivity index (χ4n) is 4.40. The van der Waals surface area contributed by atoms with Gasteiger partial charge in [0.05, 0.1) is 12.0 Å². The second-order valence-corrected chi connectivity index (χ2v) is 10.9. The van der Waals surface area contributed by atoms with Gasteiger partial charge in [0.1, 0.15) is 19.0 Å². The average molecular weight is 521 g/mol. The Labute approximate surface area is 215 Å². The van der Waals surface area contributed by atoms with E-state index in [2.05, 4.69) is 4.98 Å². The Morgan fingerprint density at radius 2 is 1.78 bits per heavy atom. The molecule has 0 fully saturated rings. The number of rotatable bonds is 8. The van der Waals surface area contributed by atoms with Gasteiger partial charge in [0.25, 0.3) is 5.56 Å². The molecule has 1 aliphatic rings. The summed E-state index contributed by atoms with van der Waals surface area (Å²) in [4.78, 5) is 15.9. The summed E-state index contributed by atoms with van der Waals surface area (Å²) in [7, 11) is -2.41. The predicted octanol–water partition coefficient (Wildman–Crippen LogP) is 4.05. The van der Waals surface area contributed by atoms with Gasteiger partial charge in [-0.15, -0.1) is 0 Å². The maximum Gasteiger partial charge on any atom is 0.252 e. The van der Waals surface area contributed by atoms with Crippen LogP contribution in [0.3, 0.4) is 0 Å². The van der Waals surface area contributed by atoms with Crippen LogP contribution in [0.25, 0.3) is 10.9 Å². The SMILES string of the molecule is COc1ccc2[nH]c(=O)c(CN(CCc3cccc(C)c3)S(=O)(=O)c3ccc4c(c3)OCCO4)cc2c1. The summed E-state index contributed by atoms with van der Waals surface area (Å²) in [5.41, 5.74) is 2.76. The van der Waals surface area contributed by atoms with Gasteiger partial charge in [0.15, 0.2) is 11.5 Å². The molecule has 1 aliphatic heterocycles. The zero-order valence-corrected chi connectivity index (χ0v) is 21.5. The molecule has 5 rings (SSSR count). The molecule has 0 aliphatic carbocycles. The molecule has 0 saturated carbocycles. The van der Waals surface area contributed by atoms with Crippen molar-refractivity contribution in [3.05, 3.63) is 93.8 Å². The van der Waals surface area contributed by atoms with Gasteiger partial charge < -0.3 is 19.2 Å². The van der Waals surface area contributed by atoms with E-state index < -0.39 is 10.0 Å². The van der Waals surface area contributed by atoms with Gasteiger partial charge in [-0.1, -0.05) is 29.8 Å². The van der Waals surface area contributed by atoms with Crippen LogP contribution in [0.15, 0.2) is 76.4 Å². The normalized spacial score (nSPS) is 13.2. The molecule has 0 atom stereocenters. The maximum atomic E-state index is 13.9. The van der Waals surface area contributed by atoms with Crippen molar-refractivity contribution >= 4 is 20.9 Å². The second kappa shape index (κ2) is 10.3. The van der Waals surface area contributed by atoms with Crippen LogP contribution >= 0.6 is 0 Å². The zero-order valence-electron chi connectivity index (χ0n) is 20.7. The Balaban J connectivity index is 1.52. The summed E-state index contributed by atoms with van der Waals surface area (Å²) in [5.74, 6) is 1.55. The lowest BCUT2D eigenvalue weighted by molar-refractivity contribution is 0.171. The van der Waals surface area contributed by atoms with E-state index in [-0.39, 0.29) is 23.5 Å². The van der Waals surface area contributed by atoms with Crippen LogP contribution in [-0.4, -0.2) is 44.6 Å². The van der Waals surface area contributed by atoms with E-state index in [1.807, 2.05) is 31.2 Å². The van der Waals surface area contributed by atoms with Crippen molar-refractivity contribution in [2.45, 2.75) is 24.8 Å². The number of ether oxygens (including phenoxy) is 3. The Morgan fingerprint density at radius 1 is 0.973 bits per heavy atom. The minimum atomic E-state index is -3.98. The highest BCUT2D eigenvalue weighted by Crippen LogP contribution is 2.33. The van der Waals surface area contributed by atoms with Crippen molar-refractivity contribution in [2.75, 3.05) is 26.9 Å². The molecule has 0 unspecified atom stereocenters. The molecule has 0 amide bonds. The smallest absolute Gasteiger partial charge is 0.252 e. The summed E-state index contributed by atoms with van der Waals surface area (Å²) in [6.07, 6.45) is 0.491. The number of sulfonamides is 1. The second-order valence-electron chi connectivity index (χ2n) is 8.96. The lowest BCUT2D eigenvalue weighted by atomic mass is 10.1. The summed E-state index contributed by atoms with van der Waals surface area (Å²) < 4.78 is 45.6. The number of nitrogens with zero attached hydrogens (tertiary/aromatic N) is 1. The van der Waals surface area contributed by atoms with E-state index in [4.69, 9.17) is 14.2 Å². The minimum Gasteiger partial charge on any atom is -0.497 e. The van der Waals surface area contributed by atoms with Crippen LogP contribution in [0.2, 0.25) is 0 Å². The molecule has 4 aromatic rings. The van der Waals surface area contributed by atoms with E-state index in [1.165, 1.54) is 16.4 Å². The van der Waals surface area contributed by atoms with Crippen molar-refractivity contribution in [1.82, 2.24) is 9.29 Å². The van der Waals surface area contributed by atoms with Crippen LogP contribution in [0, 0.1) is 6.92 Å². The van der Waals surface area contributed by atoms with Crippen molar-refractivity contribution in [1.29, 1.82) is 0 Å². The first kappa shape index (κ1) is 24.9. The van der Waals surface area contributed by atoms with E-state index in [1.54, 1.807) is 37.4 Å². The number of hydrogen-bond acceptors (Lipinski definition) is 6. The van der Waals surface area contributed by atoms with Crippen LogP contribution in [-0.2, 0) is 23.0 Å². The number of aromatic amines is 1. The third-order valence-electron chi connectivity index (χ3n) is 6.36. The lowest BCUT2D eigenvalue weighted by Gasteiger charge is -2.24. The first-order valence-corrected chi connectivity index (χ1v) is 13.4. The molecular formula is C28H28N2O6S. The number of nitrogens with one attached hydrogen (secondary N) is 1. The molecular weight excluding hydrogens is 492 g/mol. The maximum absolute atomic E-state index is 13.9. The fourth-order valence-corrected chi connectivity index (χ4v) is 5.84. The first-order chi connectivity index (χ1) is 17.8. The molecule has 1 N–H and O–H groups in total. The number of H-pyrrole nitrogens is 1. The largest absolute Gasteiger partial charge is 0.497 e. The number of aryl methyl sites for hydroxylation is 1. The third-order valence-corrected chi connectivity index (χ3v) is 8.20. The standard InChI is InChI=1S/C28H28N2O6S/c1-19-4-3-5-20(14-19)10-11-30(37(32,33)24-7-9-26-27(17-24)36-13-12-35-26)18-22-15-21-16-23(34-2)6-8-25(21)29-28(22)31/h3-9,14-17H,10-13,18H2,1-2H3,(H,29,31). The quantitative estimate of drug-likeness (QED) is 0.377. The molecule has 0 radical (unpaired) electrons. The zero-order chi connectivity index (χ0) is 26.0. The summed E-state index contributed by atoms with van der Waals surface area (Å²) in [6, 6.07) is 19.6. The van der Waals surface area contributed by atoms with Crippen LogP contribution in [0.4, 0.5) is 0 Å². The molecule has 37 heavy (non-hydrogen) atoms. The van der Waals surface area contributed by atoms with Gasteiger partial charge in [-0.05, 0) is 55.3 Å². The topological polar surface area (TPSA) is 97.9 Å². The molecule has 0 spiro atoms. The monoisotopic (exact) mass is 520 g/mol. The Hall–Kier alpha value is -3.82. The van der Waals surface area contributed by atoms with Gasteiger partial charge in [-0.3, -0.25) is 4.79 Å². The van der Waals surface area contributed by atoms with Crippen LogP contribution in [0.1, 0.15) is 16.7 Å². The number of benzene rings is 3. The highest BCUT2D eigenvalue weighted by molar-refractivity contribution is 7.89. The van der Waals surface area contributed by atoms with E-state index in [9.17, 15) is 13.2 Å². The van der Waals surface area contributed by atoms with Gasteiger partial charge in [0, 0.05) is 35.6 Å². The summed E-state index contributed by atoms with van der Waals surface area (Å²) in [6.45, 7) is 2.86. The van der Waals surface area contributed by atoms with Gasteiger partial charge >= 0.3 is 0 Å². The Bertz CT molecular complexity index is 1610. The minimum absolute atomic E-state index is 0.0832. The van der Waals surface area contributed by atoms with E-state index in [0.29, 0.717) is 48.0 Å².